The Morgan fingerprint density at radius 2 is 1.30 bits per heavy atom. The zero-order chi connectivity index (χ0) is 43.8. The predicted molar refractivity (Wildman–Crippen MR) is 201 cm³/mol. The summed E-state index contributed by atoms with van der Waals surface area (Å²) in [5.74, 6) is -7.48. The monoisotopic (exact) mass is 814 g/mol. The minimum Gasteiger partial charge on any atom is -0.481 e. The molecule has 0 aromatic heterocycles. The molecule has 6 atom stereocenters. The van der Waals surface area contributed by atoms with Crippen LogP contribution in [0.3, 0.4) is 0 Å². The molecule has 0 aliphatic rings. The largest absolute Gasteiger partial charge is 0.481 e. The number of carbonyl (C=O) groups excluding carboxylic acids is 7. The third-order valence-corrected chi connectivity index (χ3v) is 8.66. The number of hydrogen-bond acceptors (Lipinski definition) is 9. The van der Waals surface area contributed by atoms with E-state index in [9.17, 15) is 56.6 Å². The SMILES string of the molecule is Cc1ccccc1C[C@H](NC(=O)[C@H](NC(=O)[C@@H](CO)NC(=O)CCC(=O)O)C(C)C)C(=O)N[C@H](C(=O)N[C@@H](CC(C)C)C(=O)N[C@H](C=O)CC(F)(F)F)C(C)(C)C. The van der Waals surface area contributed by atoms with Crippen LogP contribution < -0.4 is 31.9 Å². The van der Waals surface area contributed by atoms with Gasteiger partial charge < -0.3 is 46.9 Å². The maximum Gasteiger partial charge on any atom is 0.391 e. The summed E-state index contributed by atoms with van der Waals surface area (Å²) in [5.41, 5.74) is 0.358. The predicted octanol–water partition coefficient (Wildman–Crippen LogP) is 1.20. The maximum atomic E-state index is 14.1. The van der Waals surface area contributed by atoms with Gasteiger partial charge in [0.2, 0.25) is 35.4 Å². The van der Waals surface area contributed by atoms with Crippen molar-refractivity contribution in [3.63, 3.8) is 0 Å². The van der Waals surface area contributed by atoms with Crippen LogP contribution in [0.15, 0.2) is 24.3 Å². The van der Waals surface area contributed by atoms with Crippen molar-refractivity contribution in [2.75, 3.05) is 6.61 Å². The molecule has 0 unspecified atom stereocenters. The molecule has 16 nitrogen and oxygen atoms in total. The summed E-state index contributed by atoms with van der Waals surface area (Å²) in [4.78, 5) is 102. The van der Waals surface area contributed by atoms with E-state index in [1.54, 1.807) is 79.7 Å². The number of aliphatic hydroxyl groups excluding tert-OH is 1. The van der Waals surface area contributed by atoms with Crippen molar-refractivity contribution in [3.05, 3.63) is 35.4 Å². The summed E-state index contributed by atoms with van der Waals surface area (Å²) in [6.07, 6.45) is -7.54. The van der Waals surface area contributed by atoms with Gasteiger partial charge in [-0.2, -0.15) is 13.2 Å². The van der Waals surface area contributed by atoms with Gasteiger partial charge in [0.05, 0.1) is 25.5 Å². The lowest BCUT2D eigenvalue weighted by molar-refractivity contribution is -0.147. The zero-order valence-electron chi connectivity index (χ0n) is 33.5. The highest BCUT2D eigenvalue weighted by Gasteiger charge is 2.39. The highest BCUT2D eigenvalue weighted by molar-refractivity contribution is 5.97. The fraction of sp³-hybridized carbons (Fsp3) is 0.632. The molecule has 0 heterocycles. The Bertz CT molecular complexity index is 1580. The molecule has 0 bridgehead atoms. The van der Waals surface area contributed by atoms with Crippen molar-refractivity contribution < 1.29 is 61.7 Å². The smallest absolute Gasteiger partial charge is 0.391 e. The number of rotatable bonds is 22. The number of nitrogens with one attached hydrogen (secondary N) is 6. The Labute approximate surface area is 330 Å². The number of carboxylic acids is 1. The van der Waals surface area contributed by atoms with E-state index in [1.807, 2.05) is 5.32 Å². The molecule has 0 fully saturated rings. The second-order valence-electron chi connectivity index (χ2n) is 15.7. The number of aryl methyl sites for hydroxylation is 1. The van der Waals surface area contributed by atoms with Gasteiger partial charge in [-0.1, -0.05) is 72.7 Å². The molecule has 1 aromatic carbocycles. The molecule has 0 saturated carbocycles. The lowest BCUT2D eigenvalue weighted by Gasteiger charge is -2.34. The summed E-state index contributed by atoms with van der Waals surface area (Å²) in [7, 11) is 0. The average Bonchev–Trinajstić information content (AvgIpc) is 3.08. The van der Waals surface area contributed by atoms with Crippen LogP contribution in [0.1, 0.15) is 85.3 Å². The van der Waals surface area contributed by atoms with Gasteiger partial charge in [-0.05, 0) is 41.7 Å². The van der Waals surface area contributed by atoms with Gasteiger partial charge in [-0.25, -0.2) is 0 Å². The Balaban J connectivity index is 3.43. The van der Waals surface area contributed by atoms with E-state index in [1.165, 1.54) is 0 Å². The Hall–Kier alpha value is -5.07. The fourth-order valence-corrected chi connectivity index (χ4v) is 5.54. The first-order valence-corrected chi connectivity index (χ1v) is 18.5. The summed E-state index contributed by atoms with van der Waals surface area (Å²) in [6.45, 7) is 12.3. The number of benzene rings is 1. The Morgan fingerprint density at radius 3 is 1.79 bits per heavy atom. The van der Waals surface area contributed by atoms with Gasteiger partial charge in [-0.15, -0.1) is 0 Å². The normalized spacial score (nSPS) is 14.9. The number of hydrogen-bond donors (Lipinski definition) is 8. The molecule has 320 valence electrons. The zero-order valence-corrected chi connectivity index (χ0v) is 33.5. The number of halogens is 3. The highest BCUT2D eigenvalue weighted by Crippen LogP contribution is 2.23. The maximum absolute atomic E-state index is 14.1. The van der Waals surface area contributed by atoms with Crippen LogP contribution >= 0.6 is 0 Å². The summed E-state index contributed by atoms with van der Waals surface area (Å²) >= 11 is 0. The van der Waals surface area contributed by atoms with E-state index in [2.05, 4.69) is 26.6 Å². The standard InChI is InChI=1S/C38H57F3N6O10/c1-20(2)15-25(32(53)42-24(18-48)17-38(39,40)41)45-36(57)31(37(6,7)8)47-33(54)26(16-23-12-10-9-11-22(23)5)44-35(56)30(21(3)4)46-34(55)27(19-49)43-28(50)13-14-29(51)52/h9-12,18,20-21,24-27,30-31,49H,13-17,19H2,1-8H3,(H,42,53)(H,43,50)(H,44,56)(H,45,57)(H,46,55)(H,47,54)(H,51,52)/t24-,25-,26-,27+,30+,31+/m0/s1. The van der Waals surface area contributed by atoms with Crippen molar-refractivity contribution in [2.45, 2.75) is 130 Å². The molecule has 0 spiro atoms. The number of aldehydes is 1. The van der Waals surface area contributed by atoms with Crippen LogP contribution in [-0.4, -0.2) is 107 Å². The molecule has 57 heavy (non-hydrogen) atoms. The number of alkyl halides is 3. The first-order chi connectivity index (χ1) is 26.3. The third-order valence-electron chi connectivity index (χ3n) is 8.66. The van der Waals surface area contributed by atoms with Crippen molar-refractivity contribution >= 4 is 47.7 Å². The van der Waals surface area contributed by atoms with Gasteiger partial charge >= 0.3 is 12.1 Å². The van der Waals surface area contributed by atoms with Crippen LogP contribution in [0.5, 0.6) is 0 Å². The van der Waals surface area contributed by atoms with E-state index in [0.29, 0.717) is 5.56 Å². The van der Waals surface area contributed by atoms with Crippen LogP contribution in [0.25, 0.3) is 0 Å². The minimum absolute atomic E-state index is 0.0303. The molecule has 0 aliphatic heterocycles. The lowest BCUT2D eigenvalue weighted by Crippen LogP contribution is -2.62. The Morgan fingerprint density at radius 1 is 0.737 bits per heavy atom. The molecular formula is C38H57F3N6O10. The van der Waals surface area contributed by atoms with Crippen LogP contribution in [0.2, 0.25) is 0 Å². The van der Waals surface area contributed by atoms with Gasteiger partial charge in [0, 0.05) is 12.8 Å². The molecule has 0 radical (unpaired) electrons. The summed E-state index contributed by atoms with van der Waals surface area (Å²) < 4.78 is 39.0. The highest BCUT2D eigenvalue weighted by atomic mass is 19.4. The Kier molecular flexibility index (Phi) is 19.8. The second-order valence-corrected chi connectivity index (χ2v) is 15.7. The van der Waals surface area contributed by atoms with Gasteiger partial charge in [0.1, 0.15) is 36.5 Å². The molecule has 19 heteroatoms. The number of carbonyl (C=O) groups is 8. The minimum atomic E-state index is -4.76. The van der Waals surface area contributed by atoms with Crippen molar-refractivity contribution in [3.8, 4) is 0 Å². The topological polar surface area (TPSA) is 249 Å². The molecule has 8 N–H and O–H groups in total. The van der Waals surface area contributed by atoms with Gasteiger partial charge in [0.25, 0.3) is 0 Å². The number of aliphatic carboxylic acids is 1. The van der Waals surface area contributed by atoms with Crippen molar-refractivity contribution in [2.24, 2.45) is 17.3 Å². The lowest BCUT2D eigenvalue weighted by atomic mass is 9.85. The van der Waals surface area contributed by atoms with Gasteiger partial charge in [0.15, 0.2) is 0 Å². The number of aliphatic hydroxyl groups is 1. The fourth-order valence-electron chi connectivity index (χ4n) is 5.54. The third kappa shape index (κ3) is 18.2. The van der Waals surface area contributed by atoms with E-state index in [0.717, 1.165) is 5.56 Å². The second kappa shape index (κ2) is 22.6. The van der Waals surface area contributed by atoms with Crippen LogP contribution in [0, 0.1) is 24.2 Å². The molecule has 1 rings (SSSR count). The molecule has 1 aromatic rings. The average molecular weight is 815 g/mol. The van der Waals surface area contributed by atoms with Gasteiger partial charge in [-0.3, -0.25) is 33.6 Å². The van der Waals surface area contributed by atoms with E-state index >= 15 is 0 Å². The van der Waals surface area contributed by atoms with Crippen molar-refractivity contribution in [1.29, 1.82) is 0 Å². The molecule has 0 saturated heterocycles. The van der Waals surface area contributed by atoms with E-state index < -0.39 is 121 Å². The first-order valence-electron chi connectivity index (χ1n) is 18.5. The molecule has 0 aliphatic carbocycles. The molecular weight excluding hydrogens is 757 g/mol. The molecule has 6 amide bonds. The van der Waals surface area contributed by atoms with Crippen molar-refractivity contribution in [1.82, 2.24) is 31.9 Å². The van der Waals surface area contributed by atoms with Crippen LogP contribution in [-0.2, 0) is 44.8 Å². The quantitative estimate of drug-likeness (QED) is 0.0778. The summed E-state index contributed by atoms with van der Waals surface area (Å²) in [5, 5.41) is 33.1. The number of amides is 6. The summed E-state index contributed by atoms with van der Waals surface area (Å²) in [6, 6.07) is -1.92. The van der Waals surface area contributed by atoms with Crippen LogP contribution in [0.4, 0.5) is 13.2 Å². The van der Waals surface area contributed by atoms with E-state index in [-0.39, 0.29) is 25.0 Å². The van der Waals surface area contributed by atoms with E-state index in [4.69, 9.17) is 5.11 Å². The number of carboxylic acid groups (broad SMARTS) is 1. The first kappa shape index (κ1) is 49.9.